The lowest BCUT2D eigenvalue weighted by Crippen LogP contribution is -2.47. The van der Waals surface area contributed by atoms with Crippen molar-refractivity contribution in [1.29, 1.82) is 0 Å². The molecule has 0 amide bonds. The van der Waals surface area contributed by atoms with Crippen LogP contribution in [0.3, 0.4) is 0 Å². The predicted octanol–water partition coefficient (Wildman–Crippen LogP) is 1.83. The minimum absolute atomic E-state index is 0.129. The van der Waals surface area contributed by atoms with E-state index < -0.39 is 0 Å². The van der Waals surface area contributed by atoms with Crippen molar-refractivity contribution in [3.63, 3.8) is 0 Å². The summed E-state index contributed by atoms with van der Waals surface area (Å²) in [4.78, 5) is 2.53. The number of likely N-dealkylation sites (tertiary alicyclic amines) is 1. The molecule has 0 N–H and O–H groups in total. The number of nitrogens with zero attached hydrogens (tertiary/aromatic N) is 3. The van der Waals surface area contributed by atoms with Crippen molar-refractivity contribution in [2.45, 2.75) is 37.8 Å². The molecule has 1 atom stereocenters. The van der Waals surface area contributed by atoms with Crippen LogP contribution in [0.4, 0.5) is 0 Å². The van der Waals surface area contributed by atoms with Gasteiger partial charge in [0.1, 0.15) is 0 Å². The van der Waals surface area contributed by atoms with Gasteiger partial charge in [0.05, 0.1) is 11.8 Å². The number of methoxy groups -OCH3 is 1. The van der Waals surface area contributed by atoms with Crippen molar-refractivity contribution >= 4 is 0 Å². The molecule has 2 aliphatic heterocycles. The van der Waals surface area contributed by atoms with E-state index in [4.69, 9.17) is 9.47 Å². The molecule has 0 aliphatic carbocycles. The van der Waals surface area contributed by atoms with Crippen LogP contribution in [0.1, 0.15) is 31.2 Å². The van der Waals surface area contributed by atoms with Crippen LogP contribution < -0.4 is 0 Å². The summed E-state index contributed by atoms with van der Waals surface area (Å²) in [7, 11) is 3.76. The van der Waals surface area contributed by atoms with E-state index in [-0.39, 0.29) is 5.60 Å². The summed E-state index contributed by atoms with van der Waals surface area (Å²) in [5.41, 5.74) is 1.43. The molecule has 0 radical (unpaired) electrons. The first-order valence-corrected chi connectivity index (χ1v) is 8.05. The zero-order valence-electron chi connectivity index (χ0n) is 13.3. The van der Waals surface area contributed by atoms with Crippen molar-refractivity contribution in [2.24, 2.45) is 13.0 Å². The molecule has 1 spiro atoms. The SMILES string of the molecule is COCC[C@@H]1CCOC12CCN(Cc1cnn(C)c1)CC2. The molecule has 5 nitrogen and oxygen atoms in total. The second kappa shape index (κ2) is 6.46. The van der Waals surface area contributed by atoms with Gasteiger partial charge in [-0.1, -0.05) is 0 Å². The average Bonchev–Trinajstić information content (AvgIpc) is 3.06. The second-order valence-electron chi connectivity index (χ2n) is 6.48. The number of hydrogen-bond donors (Lipinski definition) is 0. The third-order valence-corrected chi connectivity index (χ3v) is 5.14. The Morgan fingerprint density at radius 3 is 2.90 bits per heavy atom. The molecule has 3 heterocycles. The maximum absolute atomic E-state index is 6.20. The topological polar surface area (TPSA) is 39.5 Å². The Morgan fingerprint density at radius 2 is 2.24 bits per heavy atom. The molecule has 3 rings (SSSR count). The van der Waals surface area contributed by atoms with Gasteiger partial charge in [0, 0.05) is 58.8 Å². The van der Waals surface area contributed by atoms with Crippen molar-refractivity contribution in [3.05, 3.63) is 18.0 Å². The lowest BCUT2D eigenvalue weighted by Gasteiger charge is -2.42. The molecule has 0 saturated carbocycles. The Balaban J connectivity index is 1.54. The third kappa shape index (κ3) is 3.30. The minimum atomic E-state index is 0.129. The minimum Gasteiger partial charge on any atom is -0.385 e. The lowest BCUT2D eigenvalue weighted by atomic mass is 9.78. The maximum Gasteiger partial charge on any atom is 0.0736 e. The highest BCUT2D eigenvalue weighted by Gasteiger charge is 2.45. The van der Waals surface area contributed by atoms with Gasteiger partial charge in [-0.25, -0.2) is 0 Å². The highest BCUT2D eigenvalue weighted by atomic mass is 16.5. The number of piperidine rings is 1. The van der Waals surface area contributed by atoms with Crippen LogP contribution in [0.2, 0.25) is 0 Å². The summed E-state index contributed by atoms with van der Waals surface area (Å²) < 4.78 is 13.3. The number of hydrogen-bond acceptors (Lipinski definition) is 4. The second-order valence-corrected chi connectivity index (χ2v) is 6.48. The van der Waals surface area contributed by atoms with Crippen LogP contribution in [0.25, 0.3) is 0 Å². The molecule has 0 bridgehead atoms. The van der Waals surface area contributed by atoms with Crippen LogP contribution in [-0.2, 0) is 23.1 Å². The summed E-state index contributed by atoms with van der Waals surface area (Å²) in [5.74, 6) is 0.679. The molecule has 1 aromatic heterocycles. The molecule has 1 aromatic rings. The van der Waals surface area contributed by atoms with E-state index in [1.54, 1.807) is 7.11 Å². The van der Waals surface area contributed by atoms with E-state index in [1.807, 2.05) is 17.9 Å². The smallest absolute Gasteiger partial charge is 0.0736 e. The first-order chi connectivity index (χ1) is 10.2. The fraction of sp³-hybridized carbons (Fsp3) is 0.812. The summed E-state index contributed by atoms with van der Waals surface area (Å²) >= 11 is 0. The first kappa shape index (κ1) is 15.0. The average molecular weight is 293 g/mol. The summed E-state index contributed by atoms with van der Waals surface area (Å²) in [5, 5.41) is 4.25. The molecule has 2 fully saturated rings. The van der Waals surface area contributed by atoms with Crippen molar-refractivity contribution in [3.8, 4) is 0 Å². The van der Waals surface area contributed by atoms with Crippen LogP contribution in [0, 0.1) is 5.92 Å². The van der Waals surface area contributed by atoms with Gasteiger partial charge in [-0.2, -0.15) is 5.10 Å². The van der Waals surface area contributed by atoms with Crippen LogP contribution >= 0.6 is 0 Å². The fourth-order valence-electron chi connectivity index (χ4n) is 3.91. The lowest BCUT2D eigenvalue weighted by molar-refractivity contribution is -0.0721. The number of ether oxygens (including phenoxy) is 2. The van der Waals surface area contributed by atoms with E-state index >= 15 is 0 Å². The van der Waals surface area contributed by atoms with Crippen molar-refractivity contribution < 1.29 is 9.47 Å². The molecule has 118 valence electrons. The van der Waals surface area contributed by atoms with Crippen LogP contribution in [-0.4, -0.2) is 53.7 Å². The predicted molar refractivity (Wildman–Crippen MR) is 81.0 cm³/mol. The first-order valence-electron chi connectivity index (χ1n) is 8.05. The highest BCUT2D eigenvalue weighted by Crippen LogP contribution is 2.42. The summed E-state index contributed by atoms with van der Waals surface area (Å²) in [6.07, 6.45) is 8.73. The van der Waals surface area contributed by atoms with Crippen molar-refractivity contribution in [2.75, 3.05) is 33.4 Å². The standard InChI is InChI=1S/C16H27N3O2/c1-18-12-14(11-17-18)13-19-7-5-16(6-8-19)15(3-9-20-2)4-10-21-16/h11-12,15H,3-10,13H2,1-2H3/t15-/m1/s1. The van der Waals surface area contributed by atoms with E-state index in [9.17, 15) is 0 Å². The highest BCUT2D eigenvalue weighted by molar-refractivity contribution is 5.04. The Kier molecular flexibility index (Phi) is 4.62. The van der Waals surface area contributed by atoms with Crippen molar-refractivity contribution in [1.82, 2.24) is 14.7 Å². The Hall–Kier alpha value is -0.910. The molecule has 0 unspecified atom stereocenters. The van der Waals surface area contributed by atoms with E-state index in [0.717, 1.165) is 52.1 Å². The molecule has 21 heavy (non-hydrogen) atoms. The molecular weight excluding hydrogens is 266 g/mol. The Morgan fingerprint density at radius 1 is 1.43 bits per heavy atom. The van der Waals surface area contributed by atoms with Gasteiger partial charge < -0.3 is 9.47 Å². The van der Waals surface area contributed by atoms with E-state index in [2.05, 4.69) is 16.2 Å². The summed E-state index contributed by atoms with van der Waals surface area (Å²) in [6, 6.07) is 0. The molecular formula is C16H27N3O2. The van der Waals surface area contributed by atoms with Crippen LogP contribution in [0.15, 0.2) is 12.4 Å². The van der Waals surface area contributed by atoms with Gasteiger partial charge in [-0.15, -0.1) is 0 Å². The number of aryl methyl sites for hydroxylation is 1. The summed E-state index contributed by atoms with van der Waals surface area (Å²) in [6.45, 7) is 5.04. The van der Waals surface area contributed by atoms with Crippen LogP contribution in [0.5, 0.6) is 0 Å². The van der Waals surface area contributed by atoms with E-state index in [1.165, 1.54) is 12.0 Å². The van der Waals surface area contributed by atoms with Gasteiger partial charge in [0.15, 0.2) is 0 Å². The third-order valence-electron chi connectivity index (χ3n) is 5.14. The van der Waals surface area contributed by atoms with Gasteiger partial charge in [0.25, 0.3) is 0 Å². The van der Waals surface area contributed by atoms with Gasteiger partial charge >= 0.3 is 0 Å². The molecule has 2 aliphatic rings. The van der Waals surface area contributed by atoms with Gasteiger partial charge in [-0.05, 0) is 31.6 Å². The van der Waals surface area contributed by atoms with Gasteiger partial charge in [-0.3, -0.25) is 9.58 Å². The molecule has 0 aromatic carbocycles. The number of aromatic nitrogens is 2. The van der Waals surface area contributed by atoms with Gasteiger partial charge in [0.2, 0.25) is 0 Å². The molecule has 5 heteroatoms. The quantitative estimate of drug-likeness (QED) is 0.830. The molecule has 2 saturated heterocycles. The maximum atomic E-state index is 6.20. The fourth-order valence-corrected chi connectivity index (χ4v) is 3.91. The van der Waals surface area contributed by atoms with E-state index in [0.29, 0.717) is 5.92 Å². The number of rotatable bonds is 5. The normalized spacial score (nSPS) is 25.7. The zero-order chi connectivity index (χ0) is 14.7. The Labute approximate surface area is 127 Å². The Bertz CT molecular complexity index is 452. The largest absolute Gasteiger partial charge is 0.385 e. The zero-order valence-corrected chi connectivity index (χ0v) is 13.3. The monoisotopic (exact) mass is 293 g/mol.